The molecule has 0 spiro atoms. The highest BCUT2D eigenvalue weighted by Crippen LogP contribution is 2.30. The second-order valence-electron chi connectivity index (χ2n) is 8.32. The summed E-state index contributed by atoms with van der Waals surface area (Å²) in [5.74, 6) is 1.77. The maximum atomic E-state index is 13.3. The first-order chi connectivity index (χ1) is 17.9. The molecule has 0 amide bonds. The zero-order chi connectivity index (χ0) is 26.4. The van der Waals surface area contributed by atoms with Crippen LogP contribution < -0.4 is 15.0 Å². The van der Waals surface area contributed by atoms with Gasteiger partial charge in [-0.25, -0.2) is 4.98 Å². The molecule has 192 valence electrons. The third-order valence-electron chi connectivity index (χ3n) is 5.62. The number of aryl methyl sites for hydroxylation is 1. The van der Waals surface area contributed by atoms with Crippen LogP contribution in [0.4, 0.5) is 0 Å². The Morgan fingerprint density at radius 2 is 1.86 bits per heavy atom. The molecule has 0 radical (unpaired) electrons. The van der Waals surface area contributed by atoms with Gasteiger partial charge in [0.15, 0.2) is 11.5 Å². The van der Waals surface area contributed by atoms with E-state index in [9.17, 15) is 4.79 Å². The van der Waals surface area contributed by atoms with Gasteiger partial charge in [-0.1, -0.05) is 58.5 Å². The number of rotatable bonds is 10. The highest BCUT2D eigenvalue weighted by atomic mass is 79.9. The van der Waals surface area contributed by atoms with Crippen LogP contribution in [0.25, 0.3) is 10.9 Å². The van der Waals surface area contributed by atoms with E-state index in [0.717, 1.165) is 28.4 Å². The summed E-state index contributed by atoms with van der Waals surface area (Å²) in [6.45, 7) is 4.73. The van der Waals surface area contributed by atoms with Crippen LogP contribution in [0.2, 0.25) is 10.0 Å². The number of hydrogen-bond donors (Lipinski definition) is 0. The maximum Gasteiger partial charge on any atom is 0.282 e. The van der Waals surface area contributed by atoms with Crippen molar-refractivity contribution in [2.45, 2.75) is 39.7 Å². The number of unbranched alkanes of at least 4 members (excludes halogenated alkanes) is 1. The van der Waals surface area contributed by atoms with Gasteiger partial charge in [-0.3, -0.25) is 4.79 Å². The lowest BCUT2D eigenvalue weighted by atomic mass is 10.2. The highest BCUT2D eigenvalue weighted by molar-refractivity contribution is 9.10. The lowest BCUT2D eigenvalue weighted by molar-refractivity contribution is 0.269. The third-order valence-corrected chi connectivity index (χ3v) is 6.70. The van der Waals surface area contributed by atoms with Crippen LogP contribution in [-0.4, -0.2) is 22.5 Å². The lowest BCUT2D eigenvalue weighted by Gasteiger charge is -2.13. The van der Waals surface area contributed by atoms with Crippen LogP contribution >= 0.6 is 39.1 Å². The van der Waals surface area contributed by atoms with E-state index in [4.69, 9.17) is 37.7 Å². The Hall–Kier alpha value is -2.87. The Labute approximate surface area is 234 Å². The number of benzene rings is 3. The summed E-state index contributed by atoms with van der Waals surface area (Å²) >= 11 is 15.7. The molecule has 0 aliphatic rings. The molecule has 4 rings (SSSR count). The third kappa shape index (κ3) is 6.72. The topological polar surface area (TPSA) is 65.7 Å². The Morgan fingerprint density at radius 3 is 2.62 bits per heavy atom. The van der Waals surface area contributed by atoms with Crippen molar-refractivity contribution in [3.05, 3.63) is 96.4 Å². The quantitative estimate of drug-likeness (QED) is 0.175. The van der Waals surface area contributed by atoms with E-state index in [2.05, 4.69) is 28.0 Å². The number of ether oxygens (including phenoxy) is 2. The van der Waals surface area contributed by atoms with Crippen LogP contribution in [0.3, 0.4) is 0 Å². The summed E-state index contributed by atoms with van der Waals surface area (Å²) in [5.41, 5.74) is 2.02. The predicted octanol–water partition coefficient (Wildman–Crippen LogP) is 7.67. The molecule has 6 nitrogen and oxygen atoms in total. The van der Waals surface area contributed by atoms with Crippen LogP contribution in [-0.2, 0) is 13.0 Å². The molecule has 0 bridgehead atoms. The Balaban J connectivity index is 1.64. The van der Waals surface area contributed by atoms with Crippen molar-refractivity contribution in [1.82, 2.24) is 9.66 Å². The average Bonchev–Trinajstić information content (AvgIpc) is 2.88. The van der Waals surface area contributed by atoms with Crippen LogP contribution in [0.1, 0.15) is 43.6 Å². The summed E-state index contributed by atoms with van der Waals surface area (Å²) in [5, 5.41) is 6.14. The van der Waals surface area contributed by atoms with Gasteiger partial charge in [0, 0.05) is 26.5 Å². The number of halogens is 3. The smallest absolute Gasteiger partial charge is 0.282 e. The molecule has 4 aromatic rings. The van der Waals surface area contributed by atoms with E-state index in [1.807, 2.05) is 43.3 Å². The van der Waals surface area contributed by atoms with Gasteiger partial charge in [0.25, 0.3) is 5.56 Å². The van der Waals surface area contributed by atoms with E-state index in [1.165, 1.54) is 4.68 Å². The van der Waals surface area contributed by atoms with Gasteiger partial charge in [0.1, 0.15) is 12.4 Å². The second kappa shape index (κ2) is 12.6. The van der Waals surface area contributed by atoms with E-state index in [0.29, 0.717) is 51.3 Å². The van der Waals surface area contributed by atoms with Crippen molar-refractivity contribution >= 4 is 56.2 Å². The summed E-state index contributed by atoms with van der Waals surface area (Å²) < 4.78 is 14.0. The first-order valence-corrected chi connectivity index (χ1v) is 13.5. The summed E-state index contributed by atoms with van der Waals surface area (Å²) in [4.78, 5) is 18.0. The SMILES string of the molecule is CCCCc1nc2ccc(Br)cc2c(=O)n1N=Cc1ccc(OCc2ccc(Cl)cc2Cl)c(OCC)c1. The Bertz CT molecular complexity index is 1500. The lowest BCUT2D eigenvalue weighted by Crippen LogP contribution is -2.22. The molecule has 0 fully saturated rings. The molecule has 0 atom stereocenters. The molecule has 0 saturated heterocycles. The highest BCUT2D eigenvalue weighted by Gasteiger charge is 2.12. The van der Waals surface area contributed by atoms with Crippen molar-refractivity contribution in [2.75, 3.05) is 6.61 Å². The minimum absolute atomic E-state index is 0.210. The van der Waals surface area contributed by atoms with Gasteiger partial charge in [-0.05, 0) is 67.4 Å². The van der Waals surface area contributed by atoms with Crippen LogP contribution in [0, 0.1) is 0 Å². The molecule has 0 saturated carbocycles. The molecule has 3 aromatic carbocycles. The molecule has 0 unspecified atom stereocenters. The fraction of sp³-hybridized carbons (Fsp3) is 0.250. The fourth-order valence-corrected chi connectivity index (χ4v) is 4.55. The first-order valence-electron chi connectivity index (χ1n) is 12.0. The van der Waals surface area contributed by atoms with Gasteiger partial charge in [-0.2, -0.15) is 9.78 Å². The molecule has 37 heavy (non-hydrogen) atoms. The molecular weight excluding hydrogens is 577 g/mol. The molecule has 0 aliphatic heterocycles. The maximum absolute atomic E-state index is 13.3. The number of fused-ring (bicyclic) bond motifs is 1. The van der Waals surface area contributed by atoms with Crippen molar-refractivity contribution in [2.24, 2.45) is 5.10 Å². The second-order valence-corrected chi connectivity index (χ2v) is 10.1. The molecule has 1 aromatic heterocycles. The number of hydrogen-bond acceptors (Lipinski definition) is 5. The van der Waals surface area contributed by atoms with Gasteiger partial charge >= 0.3 is 0 Å². The fourth-order valence-electron chi connectivity index (χ4n) is 3.72. The van der Waals surface area contributed by atoms with Gasteiger partial charge in [-0.15, -0.1) is 0 Å². The van der Waals surface area contributed by atoms with E-state index < -0.39 is 0 Å². The van der Waals surface area contributed by atoms with Gasteiger partial charge in [0.05, 0.1) is 23.7 Å². The van der Waals surface area contributed by atoms with Crippen molar-refractivity contribution in [3.63, 3.8) is 0 Å². The van der Waals surface area contributed by atoms with Crippen LogP contribution in [0.5, 0.6) is 11.5 Å². The van der Waals surface area contributed by atoms with Gasteiger partial charge < -0.3 is 9.47 Å². The molecular formula is C28H26BrCl2N3O3. The van der Waals surface area contributed by atoms with Crippen LogP contribution in [0.15, 0.2) is 69.0 Å². The Kier molecular flexibility index (Phi) is 9.24. The zero-order valence-electron chi connectivity index (χ0n) is 20.5. The monoisotopic (exact) mass is 601 g/mol. The number of aromatic nitrogens is 2. The summed E-state index contributed by atoms with van der Waals surface area (Å²) in [6.07, 6.45) is 4.17. The van der Waals surface area contributed by atoms with Crippen molar-refractivity contribution in [3.8, 4) is 11.5 Å². The van der Waals surface area contributed by atoms with E-state index >= 15 is 0 Å². The van der Waals surface area contributed by atoms with Crippen molar-refractivity contribution < 1.29 is 9.47 Å². The summed E-state index contributed by atoms with van der Waals surface area (Å²) in [7, 11) is 0. The first kappa shape index (κ1) is 27.2. The summed E-state index contributed by atoms with van der Waals surface area (Å²) in [6, 6.07) is 16.3. The molecule has 9 heteroatoms. The Morgan fingerprint density at radius 1 is 1.03 bits per heavy atom. The molecule has 0 N–H and O–H groups in total. The standard InChI is InChI=1S/C28H26BrCl2N3O3/c1-3-5-6-27-33-24-11-9-20(29)14-22(24)28(35)34(27)32-16-18-7-12-25(26(13-18)36-4-2)37-17-19-8-10-21(30)15-23(19)31/h7-16H,3-6,17H2,1-2H3. The molecule has 1 heterocycles. The minimum atomic E-state index is -0.210. The largest absolute Gasteiger partial charge is 0.490 e. The molecule has 0 aliphatic carbocycles. The normalized spacial score (nSPS) is 11.4. The van der Waals surface area contributed by atoms with E-state index in [1.54, 1.807) is 24.4 Å². The number of nitrogens with zero attached hydrogens (tertiary/aromatic N) is 3. The average molecular weight is 603 g/mol. The minimum Gasteiger partial charge on any atom is -0.490 e. The van der Waals surface area contributed by atoms with Gasteiger partial charge in [0.2, 0.25) is 0 Å². The van der Waals surface area contributed by atoms with E-state index in [-0.39, 0.29) is 12.2 Å². The predicted molar refractivity (Wildman–Crippen MR) is 154 cm³/mol. The van der Waals surface area contributed by atoms with Crippen molar-refractivity contribution in [1.29, 1.82) is 0 Å². The zero-order valence-corrected chi connectivity index (χ0v) is 23.6.